The lowest BCUT2D eigenvalue weighted by atomic mass is 10.0. The number of hydrogen-bond acceptors (Lipinski definition) is 3. The van der Waals surface area contributed by atoms with Crippen molar-refractivity contribution in [3.63, 3.8) is 0 Å². The number of nitrogens with zero attached hydrogens (tertiary/aromatic N) is 4. The average Bonchev–Trinajstić information content (AvgIpc) is 3.96. The van der Waals surface area contributed by atoms with Crippen LogP contribution in [0.3, 0.4) is 0 Å². The van der Waals surface area contributed by atoms with E-state index in [4.69, 9.17) is 14.4 Å². The molecule has 59 heavy (non-hydrogen) atoms. The summed E-state index contributed by atoms with van der Waals surface area (Å²) < 4.78 is 11.7. The molecule has 0 bridgehead atoms. The maximum absolute atomic E-state index is 6.86. The average molecular weight is 753 g/mol. The lowest BCUT2D eigenvalue weighted by Gasteiger charge is -2.12. The predicted molar refractivity (Wildman–Crippen MR) is 244 cm³/mol. The highest BCUT2D eigenvalue weighted by Gasteiger charge is 2.24. The van der Waals surface area contributed by atoms with Gasteiger partial charge in [0, 0.05) is 54.8 Å². The van der Waals surface area contributed by atoms with Crippen LogP contribution in [0.4, 0.5) is 0 Å². The van der Waals surface area contributed by atoms with Gasteiger partial charge >= 0.3 is 0 Å². The van der Waals surface area contributed by atoms with Gasteiger partial charge < -0.3 is 13.6 Å². The lowest BCUT2D eigenvalue weighted by molar-refractivity contribution is 0.673. The van der Waals surface area contributed by atoms with Crippen molar-refractivity contribution in [3.05, 3.63) is 194 Å². The smallest absolute Gasteiger partial charge is 0.160 e. The molecule has 0 unspecified atom stereocenters. The Balaban J connectivity index is 1.10. The highest BCUT2D eigenvalue weighted by molar-refractivity contribution is 6.32. The molecule has 0 atom stereocenters. The Labute approximate surface area is 337 Å². The Bertz CT molecular complexity index is 3830. The first-order chi connectivity index (χ1) is 29.3. The maximum atomic E-state index is 6.86. The third kappa shape index (κ3) is 4.67. The Morgan fingerprint density at radius 3 is 1.93 bits per heavy atom. The standard InChI is InChI=1S/C54H32N4O/c1-2-13-34(14-3-1)51-43-18-6-9-19-44(43)55-54(56-51)35-23-25-37(26-24-35)58-45-20-10-7-16-39(45)41-28-30-46-49(52(41)58)50-47(31-29-42-40-17-8-11-21-48(40)59-53(42)50)57(46)38-27-22-33-12-4-5-15-36(33)32-38/h1-32H. The minimum atomic E-state index is 0.699. The first kappa shape index (κ1) is 32.1. The van der Waals surface area contributed by atoms with E-state index in [2.05, 4.69) is 179 Å². The van der Waals surface area contributed by atoms with Crippen LogP contribution >= 0.6 is 0 Å². The summed E-state index contributed by atoms with van der Waals surface area (Å²) in [6.45, 7) is 0. The molecule has 0 aliphatic heterocycles. The molecule has 5 nitrogen and oxygen atoms in total. The van der Waals surface area contributed by atoms with Gasteiger partial charge in [-0.05, 0) is 83.6 Å². The fourth-order valence-corrected chi connectivity index (χ4v) is 9.46. The molecule has 0 aliphatic rings. The lowest BCUT2D eigenvalue weighted by Crippen LogP contribution is -1.97. The summed E-state index contributed by atoms with van der Waals surface area (Å²) >= 11 is 0. The second kappa shape index (κ2) is 12.2. The Morgan fingerprint density at radius 1 is 0.390 bits per heavy atom. The van der Waals surface area contributed by atoms with Gasteiger partial charge in [-0.1, -0.05) is 121 Å². The first-order valence-electron chi connectivity index (χ1n) is 20.0. The van der Waals surface area contributed by atoms with Crippen molar-refractivity contribution >= 4 is 87.2 Å². The zero-order chi connectivity index (χ0) is 38.6. The van der Waals surface area contributed by atoms with Gasteiger partial charge in [0.1, 0.15) is 11.2 Å². The number of aromatic nitrogens is 4. The van der Waals surface area contributed by atoms with Crippen LogP contribution in [0.15, 0.2) is 199 Å². The van der Waals surface area contributed by atoms with Crippen molar-refractivity contribution in [3.8, 4) is 34.0 Å². The van der Waals surface area contributed by atoms with Gasteiger partial charge in [-0.25, -0.2) is 9.97 Å². The largest absolute Gasteiger partial charge is 0.455 e. The van der Waals surface area contributed by atoms with Crippen molar-refractivity contribution in [2.24, 2.45) is 0 Å². The number of furan rings is 1. The molecule has 0 amide bonds. The molecule has 0 spiro atoms. The molecule has 0 N–H and O–H groups in total. The van der Waals surface area contributed by atoms with E-state index in [0.717, 1.165) is 93.9 Å². The first-order valence-corrected chi connectivity index (χ1v) is 20.0. The summed E-state index contributed by atoms with van der Waals surface area (Å²) in [6.07, 6.45) is 0. The van der Waals surface area contributed by atoms with Gasteiger partial charge in [0.25, 0.3) is 0 Å². The van der Waals surface area contributed by atoms with Crippen LogP contribution in [0.1, 0.15) is 0 Å². The van der Waals surface area contributed by atoms with Crippen LogP contribution in [0, 0.1) is 0 Å². The van der Waals surface area contributed by atoms with Crippen molar-refractivity contribution in [2.75, 3.05) is 0 Å². The number of fused-ring (bicyclic) bond motifs is 13. The quantitative estimate of drug-likeness (QED) is 0.180. The number of rotatable bonds is 4. The molecule has 0 fully saturated rings. The molecule has 0 radical (unpaired) electrons. The molecule has 4 aromatic heterocycles. The van der Waals surface area contributed by atoms with Crippen molar-refractivity contribution < 1.29 is 4.42 Å². The Kier molecular flexibility index (Phi) is 6.66. The van der Waals surface area contributed by atoms with Gasteiger partial charge in [0.2, 0.25) is 0 Å². The number of benzene rings is 9. The van der Waals surface area contributed by atoms with Gasteiger partial charge in [-0.2, -0.15) is 0 Å². The second-order valence-corrected chi connectivity index (χ2v) is 15.3. The summed E-state index contributed by atoms with van der Waals surface area (Å²) in [4.78, 5) is 10.2. The molecule has 4 heterocycles. The van der Waals surface area contributed by atoms with Crippen molar-refractivity contribution in [1.82, 2.24) is 19.1 Å². The number of para-hydroxylation sites is 3. The van der Waals surface area contributed by atoms with E-state index in [1.54, 1.807) is 0 Å². The molecular formula is C54H32N4O. The molecule has 0 saturated heterocycles. The topological polar surface area (TPSA) is 48.8 Å². The number of hydrogen-bond donors (Lipinski definition) is 0. The fourth-order valence-electron chi connectivity index (χ4n) is 9.46. The van der Waals surface area contributed by atoms with E-state index in [1.165, 1.54) is 21.5 Å². The van der Waals surface area contributed by atoms with Gasteiger partial charge in [-0.3, -0.25) is 0 Å². The Morgan fingerprint density at radius 2 is 1.07 bits per heavy atom. The normalized spacial score (nSPS) is 12.1. The maximum Gasteiger partial charge on any atom is 0.160 e. The van der Waals surface area contributed by atoms with Crippen molar-refractivity contribution in [2.45, 2.75) is 0 Å². The summed E-state index contributed by atoms with van der Waals surface area (Å²) in [5, 5.41) is 10.3. The van der Waals surface area contributed by atoms with E-state index < -0.39 is 0 Å². The van der Waals surface area contributed by atoms with Gasteiger partial charge in [0.15, 0.2) is 5.82 Å². The van der Waals surface area contributed by atoms with E-state index >= 15 is 0 Å². The zero-order valence-corrected chi connectivity index (χ0v) is 31.7. The molecule has 5 heteroatoms. The van der Waals surface area contributed by atoms with E-state index in [0.29, 0.717) is 5.82 Å². The van der Waals surface area contributed by atoms with Crippen LogP contribution in [0.2, 0.25) is 0 Å². The second-order valence-electron chi connectivity index (χ2n) is 15.3. The molecule has 9 aromatic carbocycles. The zero-order valence-electron chi connectivity index (χ0n) is 31.7. The van der Waals surface area contributed by atoms with Crippen LogP contribution in [-0.4, -0.2) is 19.1 Å². The molecule has 13 rings (SSSR count). The van der Waals surface area contributed by atoms with Crippen LogP contribution in [0.25, 0.3) is 121 Å². The predicted octanol–water partition coefficient (Wildman–Crippen LogP) is 14.2. The third-order valence-electron chi connectivity index (χ3n) is 12.1. The van der Waals surface area contributed by atoms with E-state index in [1.807, 2.05) is 24.3 Å². The minimum absolute atomic E-state index is 0.699. The summed E-state index contributed by atoms with van der Waals surface area (Å²) in [6, 6.07) is 68.9. The fraction of sp³-hybridized carbons (Fsp3) is 0. The van der Waals surface area contributed by atoms with E-state index in [-0.39, 0.29) is 0 Å². The van der Waals surface area contributed by atoms with Crippen LogP contribution in [-0.2, 0) is 0 Å². The van der Waals surface area contributed by atoms with Gasteiger partial charge in [0.05, 0.1) is 38.7 Å². The molecule has 274 valence electrons. The molecule has 0 saturated carbocycles. The minimum Gasteiger partial charge on any atom is -0.455 e. The molecular weight excluding hydrogens is 721 g/mol. The van der Waals surface area contributed by atoms with E-state index in [9.17, 15) is 0 Å². The monoisotopic (exact) mass is 752 g/mol. The Hall–Kier alpha value is -8.02. The van der Waals surface area contributed by atoms with Crippen LogP contribution < -0.4 is 0 Å². The third-order valence-corrected chi connectivity index (χ3v) is 12.1. The van der Waals surface area contributed by atoms with Crippen molar-refractivity contribution in [1.29, 1.82) is 0 Å². The van der Waals surface area contributed by atoms with Gasteiger partial charge in [-0.15, -0.1) is 0 Å². The molecule has 13 aromatic rings. The highest BCUT2D eigenvalue weighted by atomic mass is 16.3. The molecule has 0 aliphatic carbocycles. The SMILES string of the molecule is c1ccc(-c2nc(-c3ccc(-n4c5ccccc5c5ccc6c(c7c8oc9ccccc9c8ccc7n6-c6ccc7ccccc7c6)c54)cc3)nc3ccccc23)cc1. The summed E-state index contributed by atoms with van der Waals surface area (Å²) in [5.41, 5.74) is 12.3. The highest BCUT2D eigenvalue weighted by Crippen LogP contribution is 2.46. The van der Waals surface area contributed by atoms with Crippen LogP contribution in [0.5, 0.6) is 0 Å². The summed E-state index contributed by atoms with van der Waals surface area (Å²) in [5.74, 6) is 0.699. The summed E-state index contributed by atoms with van der Waals surface area (Å²) in [7, 11) is 0.